The first-order chi connectivity index (χ1) is 15.3. The van der Waals surface area contributed by atoms with Gasteiger partial charge in [-0.3, -0.25) is 14.8 Å². The van der Waals surface area contributed by atoms with Crippen molar-refractivity contribution in [1.82, 2.24) is 14.9 Å². The Kier molecular flexibility index (Phi) is 5.41. The first kappa shape index (κ1) is 21.1. The van der Waals surface area contributed by atoms with Crippen molar-refractivity contribution in [3.8, 4) is 11.8 Å². The maximum absolute atomic E-state index is 14.9. The molecule has 1 aliphatic rings. The molecule has 8 heteroatoms. The molecule has 2 aromatic carbocycles. The van der Waals surface area contributed by atoms with Crippen molar-refractivity contribution in [2.24, 2.45) is 0 Å². The van der Waals surface area contributed by atoms with Gasteiger partial charge in [-0.1, -0.05) is 30.0 Å². The van der Waals surface area contributed by atoms with Crippen LogP contribution in [0.1, 0.15) is 30.2 Å². The predicted molar refractivity (Wildman–Crippen MR) is 113 cm³/mol. The molecule has 0 radical (unpaired) electrons. The van der Waals surface area contributed by atoms with Crippen LogP contribution < -0.4 is 4.90 Å². The van der Waals surface area contributed by atoms with Gasteiger partial charge in [-0.25, -0.2) is 18.5 Å². The molecule has 1 aliphatic heterocycles. The molecule has 1 saturated heterocycles. The topological polar surface area (TPSA) is 66.4 Å². The summed E-state index contributed by atoms with van der Waals surface area (Å²) in [6.07, 6.45) is 4.15. The number of urea groups is 1. The van der Waals surface area contributed by atoms with Crippen LogP contribution in [0.5, 0.6) is 0 Å². The lowest BCUT2D eigenvalue weighted by Crippen LogP contribution is -2.60. The second-order valence-corrected chi connectivity index (χ2v) is 7.52. The minimum Gasteiger partial charge on any atom is -0.315 e. The highest BCUT2D eigenvalue weighted by atomic mass is 19.1. The van der Waals surface area contributed by atoms with Gasteiger partial charge < -0.3 is 4.90 Å². The molecule has 1 aromatic heterocycles. The first-order valence-corrected chi connectivity index (χ1v) is 9.74. The van der Waals surface area contributed by atoms with Crippen LogP contribution in [0.4, 0.5) is 19.3 Å². The highest BCUT2D eigenvalue weighted by molar-refractivity contribution is 6.16. The molecule has 6 nitrogen and oxygen atoms in total. The van der Waals surface area contributed by atoms with Crippen molar-refractivity contribution in [2.75, 3.05) is 11.9 Å². The summed E-state index contributed by atoms with van der Waals surface area (Å²) in [4.78, 5) is 35.9. The molecule has 1 atom stereocenters. The minimum atomic E-state index is -1.10. The number of hydrogen-bond acceptors (Lipinski definition) is 4. The largest absolute Gasteiger partial charge is 0.332 e. The van der Waals surface area contributed by atoms with Crippen LogP contribution >= 0.6 is 0 Å². The molecular weight excluding hydrogens is 414 g/mol. The number of halogens is 2. The molecule has 3 amide bonds. The number of hydrogen-bond donors (Lipinski definition) is 0. The SMILES string of the molecule is CN1C(=O)N(c2c(F)cc(C#Cc3ccccc3)cc2F)C(=O)C[C@@]1(C)c1cnccn1. The van der Waals surface area contributed by atoms with Gasteiger partial charge in [-0.2, -0.15) is 0 Å². The molecule has 0 N–H and O–H groups in total. The van der Waals surface area contributed by atoms with Crippen molar-refractivity contribution >= 4 is 17.6 Å². The molecule has 0 saturated carbocycles. The molecule has 0 bridgehead atoms. The Morgan fingerprint density at radius 2 is 1.66 bits per heavy atom. The summed E-state index contributed by atoms with van der Waals surface area (Å²) in [7, 11) is 1.45. The monoisotopic (exact) mass is 432 g/mol. The van der Waals surface area contributed by atoms with E-state index in [1.54, 1.807) is 31.2 Å². The molecule has 0 unspecified atom stereocenters. The van der Waals surface area contributed by atoms with E-state index in [0.717, 1.165) is 12.1 Å². The Labute approximate surface area is 183 Å². The summed E-state index contributed by atoms with van der Waals surface area (Å²) >= 11 is 0. The second kappa shape index (κ2) is 8.19. The Morgan fingerprint density at radius 3 is 2.28 bits per heavy atom. The highest BCUT2D eigenvalue weighted by Crippen LogP contribution is 2.38. The maximum atomic E-state index is 14.9. The van der Waals surface area contributed by atoms with Crippen LogP contribution in [-0.2, 0) is 10.3 Å². The molecule has 0 aliphatic carbocycles. The van der Waals surface area contributed by atoms with Crippen LogP contribution in [0.15, 0.2) is 61.1 Å². The molecule has 4 rings (SSSR count). The lowest BCUT2D eigenvalue weighted by molar-refractivity contribution is -0.122. The Balaban J connectivity index is 1.68. The van der Waals surface area contributed by atoms with Crippen LogP contribution in [-0.4, -0.2) is 33.9 Å². The van der Waals surface area contributed by atoms with Crippen molar-refractivity contribution in [1.29, 1.82) is 0 Å². The van der Waals surface area contributed by atoms with Gasteiger partial charge in [0.2, 0.25) is 5.91 Å². The van der Waals surface area contributed by atoms with Gasteiger partial charge in [0.1, 0.15) is 5.69 Å². The van der Waals surface area contributed by atoms with Crippen LogP contribution in [0.25, 0.3) is 0 Å². The fourth-order valence-electron chi connectivity index (χ4n) is 3.54. The molecule has 3 aromatic rings. The first-order valence-electron chi connectivity index (χ1n) is 9.74. The van der Waals surface area contributed by atoms with E-state index in [1.807, 2.05) is 6.07 Å². The third-order valence-corrected chi connectivity index (χ3v) is 5.44. The van der Waals surface area contributed by atoms with Crippen molar-refractivity contribution < 1.29 is 18.4 Å². The van der Waals surface area contributed by atoms with E-state index in [0.29, 0.717) is 16.2 Å². The molecule has 1 fully saturated rings. The van der Waals surface area contributed by atoms with Crippen molar-refractivity contribution in [2.45, 2.75) is 18.9 Å². The second-order valence-electron chi connectivity index (χ2n) is 7.52. The van der Waals surface area contributed by atoms with E-state index in [9.17, 15) is 18.4 Å². The molecule has 160 valence electrons. The number of carbonyl (C=O) groups is 2. The summed E-state index contributed by atoms with van der Waals surface area (Å²) in [5.74, 6) is 2.65. The standard InChI is InChI=1S/C24H18F2N4O2/c1-24(20-15-27-10-11-28-20)14-21(31)30(23(32)29(24)2)22-18(25)12-17(13-19(22)26)9-8-16-6-4-3-5-7-16/h3-7,10-13,15H,14H2,1-2H3/t24-/m0/s1. The molecule has 2 heterocycles. The lowest BCUT2D eigenvalue weighted by Gasteiger charge is -2.44. The number of carbonyl (C=O) groups excluding carboxylic acids is 2. The van der Waals surface area contributed by atoms with E-state index < -0.39 is 34.8 Å². The summed E-state index contributed by atoms with van der Waals surface area (Å²) in [5, 5.41) is 0. The third kappa shape index (κ3) is 3.69. The zero-order valence-corrected chi connectivity index (χ0v) is 17.3. The molecule has 32 heavy (non-hydrogen) atoms. The van der Waals surface area contributed by atoms with Crippen LogP contribution in [0.3, 0.4) is 0 Å². The van der Waals surface area contributed by atoms with E-state index in [2.05, 4.69) is 21.8 Å². The van der Waals surface area contributed by atoms with Gasteiger partial charge in [0.05, 0.1) is 23.9 Å². The van der Waals surface area contributed by atoms with Gasteiger partial charge in [-0.05, 0) is 31.2 Å². The van der Waals surface area contributed by atoms with Crippen molar-refractivity contribution in [3.63, 3.8) is 0 Å². The Morgan fingerprint density at radius 1 is 1.00 bits per heavy atom. The van der Waals surface area contributed by atoms with Gasteiger partial charge >= 0.3 is 6.03 Å². The average Bonchev–Trinajstić information content (AvgIpc) is 2.79. The Hall–Kier alpha value is -4.12. The third-order valence-electron chi connectivity index (χ3n) is 5.44. The summed E-state index contributed by atoms with van der Waals surface area (Å²) < 4.78 is 29.8. The van der Waals surface area contributed by atoms with E-state index in [-0.39, 0.29) is 12.0 Å². The summed E-state index contributed by atoms with van der Waals surface area (Å²) in [6, 6.07) is 10.1. The van der Waals surface area contributed by atoms with Gasteiger partial charge in [0, 0.05) is 30.6 Å². The van der Waals surface area contributed by atoms with Gasteiger partial charge in [0.15, 0.2) is 11.6 Å². The van der Waals surface area contributed by atoms with Gasteiger partial charge in [0.25, 0.3) is 0 Å². The van der Waals surface area contributed by atoms with Crippen LogP contribution in [0, 0.1) is 23.5 Å². The van der Waals surface area contributed by atoms with Crippen molar-refractivity contribution in [3.05, 3.63) is 89.5 Å². The normalized spacial score (nSPS) is 18.4. The highest BCUT2D eigenvalue weighted by Gasteiger charge is 2.48. The fourth-order valence-corrected chi connectivity index (χ4v) is 3.54. The smallest absolute Gasteiger partial charge is 0.315 e. The maximum Gasteiger partial charge on any atom is 0.332 e. The predicted octanol–water partition coefficient (Wildman–Crippen LogP) is 3.86. The fraction of sp³-hybridized carbons (Fsp3) is 0.167. The number of amides is 3. The zero-order chi connectivity index (χ0) is 22.9. The zero-order valence-electron chi connectivity index (χ0n) is 17.3. The number of anilines is 1. The Bertz CT molecular complexity index is 1230. The van der Waals surface area contributed by atoms with E-state index in [1.165, 1.54) is 30.5 Å². The lowest BCUT2D eigenvalue weighted by atomic mass is 9.89. The minimum absolute atomic E-state index is 0.0854. The number of aromatic nitrogens is 2. The number of rotatable bonds is 2. The summed E-state index contributed by atoms with van der Waals surface area (Å²) in [5.41, 5.74) is -0.659. The molecule has 0 spiro atoms. The molecular formula is C24H18F2N4O2. The number of imide groups is 1. The number of benzene rings is 2. The number of nitrogens with zero attached hydrogens (tertiary/aromatic N) is 4. The average molecular weight is 432 g/mol. The quantitative estimate of drug-likeness (QED) is 0.577. The van der Waals surface area contributed by atoms with E-state index >= 15 is 0 Å². The van der Waals surface area contributed by atoms with Gasteiger partial charge in [-0.15, -0.1) is 0 Å². The van der Waals surface area contributed by atoms with Crippen LogP contribution in [0.2, 0.25) is 0 Å². The van der Waals surface area contributed by atoms with E-state index in [4.69, 9.17) is 0 Å². The summed E-state index contributed by atoms with van der Waals surface area (Å²) in [6.45, 7) is 1.65.